The monoisotopic (exact) mass is 358 g/mol. The number of hydrogen-bond donors (Lipinski definition) is 2. The molecule has 0 aliphatic rings. The van der Waals surface area contributed by atoms with Gasteiger partial charge in [0.05, 0.1) is 12.8 Å². The molecule has 3 aromatic rings. The quantitative estimate of drug-likeness (QED) is 0.707. The van der Waals surface area contributed by atoms with E-state index in [4.69, 9.17) is 4.74 Å². The van der Waals surface area contributed by atoms with Crippen LogP contribution in [-0.4, -0.2) is 31.3 Å². The maximum absolute atomic E-state index is 12.9. The Labute approximate surface area is 147 Å². The van der Waals surface area contributed by atoms with Crippen LogP contribution in [0.4, 0.5) is 0 Å². The van der Waals surface area contributed by atoms with Crippen molar-refractivity contribution in [1.82, 2.24) is 19.1 Å². The second-order valence-corrected chi connectivity index (χ2v) is 5.58. The van der Waals surface area contributed by atoms with Crippen molar-refractivity contribution in [1.29, 1.82) is 0 Å². The molecule has 9 heteroatoms. The van der Waals surface area contributed by atoms with Crippen molar-refractivity contribution in [2.75, 3.05) is 7.11 Å². The molecule has 1 aromatic carbocycles. The molecular formula is C17H18N4O5. The first-order valence-corrected chi connectivity index (χ1v) is 8.07. The fourth-order valence-electron chi connectivity index (χ4n) is 2.94. The summed E-state index contributed by atoms with van der Waals surface area (Å²) in [6, 6.07) is 4.49. The fraction of sp³-hybridized carbons (Fsp3) is 0.294. The van der Waals surface area contributed by atoms with Crippen molar-refractivity contribution in [3.8, 4) is 22.8 Å². The number of aromatic nitrogens is 4. The van der Waals surface area contributed by atoms with Crippen LogP contribution in [0.2, 0.25) is 0 Å². The molecule has 0 atom stereocenters. The lowest BCUT2D eigenvalue weighted by atomic mass is 10.1. The first-order chi connectivity index (χ1) is 12.4. The minimum Gasteiger partial charge on any atom is -0.504 e. The number of fused-ring (bicyclic) bond motifs is 1. The molecule has 2 aromatic heterocycles. The summed E-state index contributed by atoms with van der Waals surface area (Å²) in [6.45, 7) is 3.85. The van der Waals surface area contributed by atoms with E-state index in [0.29, 0.717) is 5.56 Å². The van der Waals surface area contributed by atoms with E-state index in [1.165, 1.54) is 23.8 Å². The molecule has 0 fully saturated rings. The highest BCUT2D eigenvalue weighted by molar-refractivity contribution is 5.89. The Morgan fingerprint density at radius 3 is 2.42 bits per heavy atom. The zero-order valence-electron chi connectivity index (χ0n) is 14.6. The largest absolute Gasteiger partial charge is 0.504 e. The van der Waals surface area contributed by atoms with Crippen molar-refractivity contribution in [2.24, 2.45) is 0 Å². The van der Waals surface area contributed by atoms with Crippen molar-refractivity contribution in [3.05, 3.63) is 49.5 Å². The summed E-state index contributed by atoms with van der Waals surface area (Å²) in [5, 5.41) is 10.1. The SMILES string of the molecule is CCn1c(=O)c2c(-c3ccc(OC)c(O)c3)[nH]c(=O)nc2n(CC)c1=O. The molecule has 26 heavy (non-hydrogen) atoms. The third-order valence-electron chi connectivity index (χ3n) is 4.19. The number of nitrogens with zero attached hydrogens (tertiary/aromatic N) is 3. The number of H-pyrrole nitrogens is 1. The molecule has 9 nitrogen and oxygen atoms in total. The first-order valence-electron chi connectivity index (χ1n) is 8.07. The van der Waals surface area contributed by atoms with Gasteiger partial charge in [-0.1, -0.05) is 0 Å². The molecule has 2 N–H and O–H groups in total. The molecule has 136 valence electrons. The highest BCUT2D eigenvalue weighted by Crippen LogP contribution is 2.31. The molecule has 3 rings (SSSR count). The lowest BCUT2D eigenvalue weighted by Crippen LogP contribution is -2.41. The smallest absolute Gasteiger partial charge is 0.347 e. The number of nitrogens with one attached hydrogen (secondary N) is 1. The van der Waals surface area contributed by atoms with E-state index >= 15 is 0 Å². The van der Waals surface area contributed by atoms with E-state index in [9.17, 15) is 19.5 Å². The van der Waals surface area contributed by atoms with Gasteiger partial charge in [0, 0.05) is 18.7 Å². The number of aromatic hydroxyl groups is 1. The Kier molecular flexibility index (Phi) is 4.37. The predicted octanol–water partition coefficient (Wildman–Crippen LogP) is 0.667. The predicted molar refractivity (Wildman–Crippen MR) is 95.9 cm³/mol. The van der Waals surface area contributed by atoms with Crippen molar-refractivity contribution >= 4 is 11.0 Å². The average molecular weight is 358 g/mol. The minimum atomic E-state index is -0.696. The van der Waals surface area contributed by atoms with Gasteiger partial charge < -0.3 is 14.8 Å². The van der Waals surface area contributed by atoms with Crippen LogP contribution in [0, 0.1) is 0 Å². The molecule has 0 saturated heterocycles. The second-order valence-electron chi connectivity index (χ2n) is 5.58. The van der Waals surface area contributed by atoms with E-state index in [1.807, 2.05) is 0 Å². The maximum atomic E-state index is 12.9. The zero-order valence-corrected chi connectivity index (χ0v) is 14.6. The van der Waals surface area contributed by atoms with E-state index in [0.717, 1.165) is 4.57 Å². The van der Waals surface area contributed by atoms with Crippen LogP contribution in [0.15, 0.2) is 32.6 Å². The maximum Gasteiger partial charge on any atom is 0.347 e. The Balaban J connectivity index is 2.51. The van der Waals surface area contributed by atoms with Crippen LogP contribution >= 0.6 is 0 Å². The van der Waals surface area contributed by atoms with Crippen LogP contribution in [0.25, 0.3) is 22.3 Å². The second kappa shape index (κ2) is 6.51. The Hall–Kier alpha value is -3.36. The van der Waals surface area contributed by atoms with Gasteiger partial charge in [-0.3, -0.25) is 13.9 Å². The summed E-state index contributed by atoms with van der Waals surface area (Å²) in [6.07, 6.45) is 0. The van der Waals surface area contributed by atoms with Crippen molar-refractivity contribution in [3.63, 3.8) is 0 Å². The molecule has 0 saturated carbocycles. The summed E-state index contributed by atoms with van der Waals surface area (Å²) < 4.78 is 7.38. The number of phenols is 1. The number of ether oxygens (including phenoxy) is 1. The van der Waals surface area contributed by atoms with Gasteiger partial charge in [-0.2, -0.15) is 4.98 Å². The average Bonchev–Trinajstić information content (AvgIpc) is 2.61. The van der Waals surface area contributed by atoms with Crippen LogP contribution in [0.5, 0.6) is 11.5 Å². The Morgan fingerprint density at radius 1 is 1.15 bits per heavy atom. The summed E-state index contributed by atoms with van der Waals surface area (Å²) in [5.41, 5.74) is -1.17. The molecule has 0 amide bonds. The summed E-state index contributed by atoms with van der Waals surface area (Å²) >= 11 is 0. The van der Waals surface area contributed by atoms with Gasteiger partial charge in [0.1, 0.15) is 5.39 Å². The summed E-state index contributed by atoms with van der Waals surface area (Å²) in [5.74, 6) is 0.112. The fourth-order valence-corrected chi connectivity index (χ4v) is 2.94. The molecule has 0 aliphatic heterocycles. The highest BCUT2D eigenvalue weighted by Gasteiger charge is 2.19. The number of phenolic OH excluding ortho intramolecular Hbond substituents is 1. The van der Waals surface area contributed by atoms with Gasteiger partial charge in [-0.05, 0) is 32.0 Å². The summed E-state index contributed by atoms with van der Waals surface area (Å²) in [4.78, 5) is 43.8. The van der Waals surface area contributed by atoms with Gasteiger partial charge >= 0.3 is 11.4 Å². The summed E-state index contributed by atoms with van der Waals surface area (Å²) in [7, 11) is 1.41. The van der Waals surface area contributed by atoms with Gasteiger partial charge in [-0.15, -0.1) is 0 Å². The lowest BCUT2D eigenvalue weighted by Gasteiger charge is -2.13. The number of hydrogen-bond acceptors (Lipinski definition) is 6. The lowest BCUT2D eigenvalue weighted by molar-refractivity contribution is 0.373. The highest BCUT2D eigenvalue weighted by atomic mass is 16.5. The number of rotatable bonds is 4. The van der Waals surface area contributed by atoms with Crippen LogP contribution in [-0.2, 0) is 13.1 Å². The number of aryl methyl sites for hydroxylation is 1. The molecule has 0 unspecified atom stereocenters. The Morgan fingerprint density at radius 2 is 1.85 bits per heavy atom. The van der Waals surface area contributed by atoms with Gasteiger partial charge in [0.2, 0.25) is 0 Å². The molecular weight excluding hydrogens is 340 g/mol. The topological polar surface area (TPSA) is 119 Å². The molecule has 0 bridgehead atoms. The number of aromatic amines is 1. The molecule has 0 radical (unpaired) electrons. The minimum absolute atomic E-state index is 0.0151. The van der Waals surface area contributed by atoms with Crippen LogP contribution in [0.3, 0.4) is 0 Å². The standard InChI is InChI=1S/C17H18N4O5/c1-4-20-14-12(15(23)21(5-2)17(20)25)13(18-16(24)19-14)9-6-7-11(26-3)10(22)8-9/h6-8,22H,4-5H2,1-3H3,(H,18,19,24). The first kappa shape index (κ1) is 17.5. The number of benzene rings is 1. The molecule has 0 aliphatic carbocycles. The van der Waals surface area contributed by atoms with Gasteiger partial charge in [0.25, 0.3) is 5.56 Å². The molecule has 2 heterocycles. The van der Waals surface area contributed by atoms with E-state index in [1.54, 1.807) is 19.9 Å². The van der Waals surface area contributed by atoms with Gasteiger partial charge in [0.15, 0.2) is 17.1 Å². The van der Waals surface area contributed by atoms with E-state index in [2.05, 4.69) is 9.97 Å². The third-order valence-corrected chi connectivity index (χ3v) is 4.19. The molecule has 0 spiro atoms. The van der Waals surface area contributed by atoms with Crippen LogP contribution in [0.1, 0.15) is 13.8 Å². The number of methoxy groups -OCH3 is 1. The zero-order chi connectivity index (χ0) is 19.0. The third kappa shape index (κ3) is 2.57. The van der Waals surface area contributed by atoms with Crippen LogP contribution < -0.4 is 21.7 Å². The van der Waals surface area contributed by atoms with Gasteiger partial charge in [-0.25, -0.2) is 9.59 Å². The van der Waals surface area contributed by atoms with E-state index < -0.39 is 16.9 Å². The normalized spacial score (nSPS) is 11.0. The van der Waals surface area contributed by atoms with E-state index in [-0.39, 0.29) is 41.3 Å². The Bertz CT molecular complexity index is 1170. The van der Waals surface area contributed by atoms with Crippen molar-refractivity contribution < 1.29 is 9.84 Å². The van der Waals surface area contributed by atoms with Crippen molar-refractivity contribution in [2.45, 2.75) is 26.9 Å².